The van der Waals surface area contributed by atoms with Gasteiger partial charge in [-0.3, -0.25) is 0 Å². The van der Waals surface area contributed by atoms with Crippen molar-refractivity contribution in [1.29, 1.82) is 0 Å². The van der Waals surface area contributed by atoms with Gasteiger partial charge in [0.1, 0.15) is 5.65 Å². The highest BCUT2D eigenvalue weighted by molar-refractivity contribution is 6.35. The Morgan fingerprint density at radius 1 is 1.17 bits per heavy atom. The summed E-state index contributed by atoms with van der Waals surface area (Å²) in [6.07, 6.45) is 4.55. The second-order valence-corrected chi connectivity index (χ2v) is 10.0. The minimum Gasteiger partial charge on any atom is -0.378 e. The van der Waals surface area contributed by atoms with Crippen LogP contribution in [0.25, 0.3) is 22.2 Å². The highest BCUT2D eigenvalue weighted by atomic mass is 35.5. The highest BCUT2D eigenvalue weighted by Gasteiger charge is 2.31. The molecule has 0 radical (unpaired) electrons. The number of pyridine rings is 1. The predicted molar refractivity (Wildman–Crippen MR) is 135 cm³/mol. The van der Waals surface area contributed by atoms with E-state index in [9.17, 15) is 4.79 Å². The third-order valence-corrected chi connectivity index (χ3v) is 7.58. The Morgan fingerprint density at radius 2 is 2.09 bits per heavy atom. The molecule has 2 amide bonds. The fraction of sp³-hybridized carbons (Fsp3) is 0.462. The highest BCUT2D eigenvalue weighted by Crippen LogP contribution is 2.35. The van der Waals surface area contributed by atoms with Crippen molar-refractivity contribution in [2.75, 3.05) is 46.0 Å². The first-order valence-electron chi connectivity index (χ1n) is 12.3. The molecule has 2 N–H and O–H groups in total. The summed E-state index contributed by atoms with van der Waals surface area (Å²) in [5.41, 5.74) is 6.63. The van der Waals surface area contributed by atoms with Gasteiger partial charge in [0.05, 0.1) is 37.0 Å². The Kier molecular flexibility index (Phi) is 6.14. The average Bonchev–Trinajstić information content (AvgIpc) is 3.27. The van der Waals surface area contributed by atoms with Crippen molar-refractivity contribution in [3.63, 3.8) is 0 Å². The van der Waals surface area contributed by atoms with Crippen molar-refractivity contribution < 1.29 is 14.3 Å². The normalized spacial score (nSPS) is 22.9. The zero-order chi connectivity index (χ0) is 23.9. The van der Waals surface area contributed by atoms with E-state index < -0.39 is 0 Å². The molecule has 3 aromatic rings. The second-order valence-electron chi connectivity index (χ2n) is 9.62. The molecule has 6 rings (SSSR count). The first-order chi connectivity index (χ1) is 17.1. The number of ether oxygens (including phenoxy) is 2. The number of nitrogens with one attached hydrogen (secondary N) is 2. The summed E-state index contributed by atoms with van der Waals surface area (Å²) < 4.78 is 11.5. The number of amides is 2. The maximum absolute atomic E-state index is 13.3. The zero-order valence-electron chi connectivity index (χ0n) is 19.8. The lowest BCUT2D eigenvalue weighted by molar-refractivity contribution is -0.00977. The third-order valence-electron chi connectivity index (χ3n) is 7.27. The maximum Gasteiger partial charge on any atom is 0.320 e. The molecule has 2 saturated heterocycles. The number of carbonyl (C=O) groups excluding carboxylic acids is 1. The Hall–Kier alpha value is -2.65. The van der Waals surface area contributed by atoms with Gasteiger partial charge in [0.15, 0.2) is 0 Å². The van der Waals surface area contributed by atoms with Gasteiger partial charge in [-0.05, 0) is 47.7 Å². The fourth-order valence-electron chi connectivity index (χ4n) is 5.43. The van der Waals surface area contributed by atoms with E-state index in [2.05, 4.69) is 33.5 Å². The number of rotatable bonds is 2. The summed E-state index contributed by atoms with van der Waals surface area (Å²) in [4.78, 5) is 24.9. The number of hydrogen-bond donors (Lipinski definition) is 2. The molecule has 0 spiro atoms. The van der Waals surface area contributed by atoms with E-state index in [0.29, 0.717) is 51.0 Å². The number of carbonyl (C=O) groups is 1. The first-order valence-corrected chi connectivity index (χ1v) is 12.7. The molecule has 3 aliphatic heterocycles. The number of morpholine rings is 2. The molecule has 0 unspecified atom stereocenters. The van der Waals surface area contributed by atoms with Crippen LogP contribution in [0.15, 0.2) is 30.6 Å². The fourth-order valence-corrected chi connectivity index (χ4v) is 5.62. The number of fused-ring (bicyclic) bond motifs is 2. The molecule has 2 aromatic heterocycles. The van der Waals surface area contributed by atoms with E-state index in [-0.39, 0.29) is 18.2 Å². The molecule has 3 aliphatic rings. The standard InChI is InChI=1S/C26H30ClN5O3/c1-16-13-32(5-7-35-16)26(33)31-4-2-17-8-18(19-10-21-23(27)12-30-25(21)29-11-19)9-20(22(17)14-31)24-15-34-6-3-28-24/h8-12,16,24,28H,2-7,13-15H2,1H3,(H,29,30)/t16-,24+/m1/s1. The number of hydrogen-bond acceptors (Lipinski definition) is 5. The SMILES string of the molecule is C[C@@H]1CN(C(=O)N2CCc3cc(-c4cnc5[nH]cc(Cl)c5c4)cc([C@@H]4COCCN4)c3C2)CCO1. The molecule has 0 aliphatic carbocycles. The first kappa shape index (κ1) is 22.8. The van der Waals surface area contributed by atoms with Crippen LogP contribution in [0.3, 0.4) is 0 Å². The summed E-state index contributed by atoms with van der Waals surface area (Å²) in [5.74, 6) is 0. The maximum atomic E-state index is 13.3. The van der Waals surface area contributed by atoms with Crippen molar-refractivity contribution >= 4 is 28.7 Å². The van der Waals surface area contributed by atoms with Crippen molar-refractivity contribution in [2.45, 2.75) is 32.0 Å². The minimum absolute atomic E-state index is 0.0750. The lowest BCUT2D eigenvalue weighted by Crippen LogP contribution is -2.51. The second kappa shape index (κ2) is 9.43. The quantitative estimate of drug-likeness (QED) is 0.566. The van der Waals surface area contributed by atoms with E-state index >= 15 is 0 Å². The number of urea groups is 1. The zero-order valence-corrected chi connectivity index (χ0v) is 20.6. The van der Waals surface area contributed by atoms with Gasteiger partial charge in [-0.25, -0.2) is 9.78 Å². The van der Waals surface area contributed by atoms with Crippen LogP contribution in [0.2, 0.25) is 5.02 Å². The van der Waals surface area contributed by atoms with Gasteiger partial charge in [-0.1, -0.05) is 17.7 Å². The van der Waals surface area contributed by atoms with Crippen LogP contribution in [-0.4, -0.2) is 77.9 Å². The number of aromatic amines is 1. The van der Waals surface area contributed by atoms with E-state index in [0.717, 1.165) is 35.1 Å². The Bertz CT molecular complexity index is 1260. The largest absolute Gasteiger partial charge is 0.378 e. The van der Waals surface area contributed by atoms with E-state index in [1.165, 1.54) is 16.7 Å². The van der Waals surface area contributed by atoms with Gasteiger partial charge in [0.25, 0.3) is 0 Å². The molecule has 9 heteroatoms. The number of H-pyrrole nitrogens is 1. The third kappa shape index (κ3) is 4.40. The summed E-state index contributed by atoms with van der Waals surface area (Å²) in [7, 11) is 0. The smallest absolute Gasteiger partial charge is 0.320 e. The van der Waals surface area contributed by atoms with E-state index in [4.69, 9.17) is 21.1 Å². The predicted octanol–water partition coefficient (Wildman–Crippen LogP) is 3.74. The number of aromatic nitrogens is 2. The molecule has 0 saturated carbocycles. The molecule has 0 bridgehead atoms. The van der Waals surface area contributed by atoms with Crippen LogP contribution >= 0.6 is 11.6 Å². The van der Waals surface area contributed by atoms with Crippen LogP contribution in [-0.2, 0) is 22.4 Å². The van der Waals surface area contributed by atoms with Gasteiger partial charge in [-0.15, -0.1) is 0 Å². The van der Waals surface area contributed by atoms with Crippen molar-refractivity contribution in [2.24, 2.45) is 0 Å². The van der Waals surface area contributed by atoms with Gasteiger partial charge in [0.2, 0.25) is 0 Å². The monoisotopic (exact) mass is 495 g/mol. The van der Waals surface area contributed by atoms with Gasteiger partial charge < -0.3 is 29.6 Å². The average molecular weight is 496 g/mol. The van der Waals surface area contributed by atoms with E-state index in [1.807, 2.05) is 22.9 Å². The summed E-state index contributed by atoms with van der Waals surface area (Å²) in [6, 6.07) is 6.77. The lowest BCUT2D eigenvalue weighted by atomic mass is 9.87. The van der Waals surface area contributed by atoms with E-state index in [1.54, 1.807) is 6.20 Å². The number of halogens is 1. The van der Waals surface area contributed by atoms with Crippen molar-refractivity contribution in [1.82, 2.24) is 25.1 Å². The molecular formula is C26H30ClN5O3. The Morgan fingerprint density at radius 3 is 2.91 bits per heavy atom. The molecule has 2 fully saturated rings. The molecule has 1 aromatic carbocycles. The molecule has 5 heterocycles. The van der Waals surface area contributed by atoms with Gasteiger partial charge >= 0.3 is 6.03 Å². The number of nitrogens with zero attached hydrogens (tertiary/aromatic N) is 3. The minimum atomic E-state index is 0.0750. The molecule has 35 heavy (non-hydrogen) atoms. The van der Waals surface area contributed by atoms with Crippen LogP contribution in [0.5, 0.6) is 0 Å². The lowest BCUT2D eigenvalue weighted by Gasteiger charge is -2.38. The van der Waals surface area contributed by atoms with Gasteiger partial charge in [-0.2, -0.15) is 0 Å². The van der Waals surface area contributed by atoms with Crippen LogP contribution in [0, 0.1) is 0 Å². The van der Waals surface area contributed by atoms with Crippen molar-refractivity contribution in [3.8, 4) is 11.1 Å². The van der Waals surface area contributed by atoms with Gasteiger partial charge in [0, 0.05) is 56.1 Å². The summed E-state index contributed by atoms with van der Waals surface area (Å²) >= 11 is 6.37. The number of benzene rings is 1. The topological polar surface area (TPSA) is 82.7 Å². The van der Waals surface area contributed by atoms with Crippen LogP contribution in [0.4, 0.5) is 4.79 Å². The molecule has 2 atom stereocenters. The molecule has 8 nitrogen and oxygen atoms in total. The summed E-state index contributed by atoms with van der Waals surface area (Å²) in [6.45, 7) is 7.35. The van der Waals surface area contributed by atoms with Crippen molar-refractivity contribution in [3.05, 3.63) is 52.3 Å². The van der Waals surface area contributed by atoms with Crippen LogP contribution < -0.4 is 5.32 Å². The molecule has 184 valence electrons. The Balaban J connectivity index is 1.36. The van der Waals surface area contributed by atoms with Crippen LogP contribution in [0.1, 0.15) is 29.7 Å². The Labute approximate surface area is 209 Å². The summed E-state index contributed by atoms with van der Waals surface area (Å²) in [5, 5.41) is 5.20. The molecular weight excluding hydrogens is 466 g/mol.